The third kappa shape index (κ3) is 3.01. The molecule has 0 aliphatic carbocycles. The number of anilines is 2. The molecule has 5 nitrogen and oxygen atoms in total. The van der Waals surface area contributed by atoms with Crippen LogP contribution in [0, 0.1) is 5.82 Å². The number of thiazole rings is 1. The number of halogens is 1. The van der Waals surface area contributed by atoms with Gasteiger partial charge in [0.05, 0.1) is 17.7 Å². The van der Waals surface area contributed by atoms with Crippen molar-refractivity contribution in [3.63, 3.8) is 0 Å². The predicted octanol–water partition coefficient (Wildman–Crippen LogP) is 3.70. The predicted molar refractivity (Wildman–Crippen MR) is 94.2 cm³/mol. The van der Waals surface area contributed by atoms with Gasteiger partial charge in [0, 0.05) is 16.6 Å². The molecule has 0 radical (unpaired) electrons. The summed E-state index contributed by atoms with van der Waals surface area (Å²) in [5.74, 6) is -1.14. The highest BCUT2D eigenvalue weighted by Crippen LogP contribution is 2.31. The molecule has 3 aromatic rings. The molecule has 0 spiro atoms. The first kappa shape index (κ1) is 15.5. The van der Waals surface area contributed by atoms with Gasteiger partial charge in [-0.25, -0.2) is 9.37 Å². The van der Waals surface area contributed by atoms with Crippen LogP contribution < -0.4 is 10.6 Å². The van der Waals surface area contributed by atoms with Crippen LogP contribution in [0.4, 0.5) is 15.2 Å². The molecule has 2 heterocycles. The Kier molecular flexibility index (Phi) is 3.77. The summed E-state index contributed by atoms with van der Waals surface area (Å²) in [6.07, 6.45) is 0.351. The van der Waals surface area contributed by atoms with E-state index in [0.717, 1.165) is 16.8 Å². The zero-order chi connectivity index (χ0) is 17.4. The minimum absolute atomic E-state index is 0.0248. The van der Waals surface area contributed by atoms with Crippen LogP contribution >= 0.6 is 11.3 Å². The molecule has 1 aromatic heterocycles. The Morgan fingerprint density at radius 3 is 2.92 bits per heavy atom. The number of fused-ring (bicyclic) bond motifs is 1. The van der Waals surface area contributed by atoms with Crippen molar-refractivity contribution in [3.8, 4) is 11.3 Å². The second-order valence-corrected chi connectivity index (χ2v) is 6.43. The molecule has 0 atom stereocenters. The van der Waals surface area contributed by atoms with E-state index in [1.165, 1.54) is 29.5 Å². The lowest BCUT2D eigenvalue weighted by Crippen LogP contribution is -2.13. The van der Waals surface area contributed by atoms with Crippen molar-refractivity contribution < 1.29 is 14.0 Å². The molecule has 0 saturated heterocycles. The zero-order valence-electron chi connectivity index (χ0n) is 12.9. The first-order valence-electron chi connectivity index (χ1n) is 7.55. The summed E-state index contributed by atoms with van der Waals surface area (Å²) in [7, 11) is 0. The van der Waals surface area contributed by atoms with E-state index in [9.17, 15) is 14.0 Å². The molecule has 7 heteroatoms. The Hall–Kier alpha value is -3.06. The lowest BCUT2D eigenvalue weighted by molar-refractivity contribution is -0.115. The Bertz CT molecular complexity index is 999. The van der Waals surface area contributed by atoms with Gasteiger partial charge in [-0.15, -0.1) is 11.3 Å². The lowest BCUT2D eigenvalue weighted by atomic mass is 10.1. The normalized spacial score (nSPS) is 12.6. The summed E-state index contributed by atoms with van der Waals surface area (Å²) in [5.41, 5.74) is 3.26. The maximum Gasteiger partial charge on any atom is 0.260 e. The second-order valence-electron chi connectivity index (χ2n) is 5.57. The van der Waals surface area contributed by atoms with Crippen molar-refractivity contribution in [2.75, 3.05) is 10.6 Å². The number of hydrogen-bond donors (Lipinski definition) is 2. The Morgan fingerprint density at radius 1 is 1.24 bits per heavy atom. The summed E-state index contributed by atoms with van der Waals surface area (Å²) in [6.45, 7) is 0. The average Bonchev–Trinajstić information content (AvgIpc) is 3.19. The van der Waals surface area contributed by atoms with Crippen LogP contribution in [0.2, 0.25) is 0 Å². The van der Waals surface area contributed by atoms with Crippen LogP contribution in [0.5, 0.6) is 0 Å². The van der Waals surface area contributed by atoms with Gasteiger partial charge in [0.1, 0.15) is 5.82 Å². The molecule has 4 rings (SSSR count). The lowest BCUT2D eigenvalue weighted by Gasteiger charge is -2.03. The maximum absolute atomic E-state index is 13.7. The third-order valence-electron chi connectivity index (χ3n) is 3.87. The minimum Gasteiger partial charge on any atom is -0.326 e. The summed E-state index contributed by atoms with van der Waals surface area (Å²) in [4.78, 5) is 28.0. The summed E-state index contributed by atoms with van der Waals surface area (Å²) < 4.78 is 13.7. The van der Waals surface area contributed by atoms with Gasteiger partial charge in [0.15, 0.2) is 5.13 Å². The Labute approximate surface area is 146 Å². The summed E-state index contributed by atoms with van der Waals surface area (Å²) >= 11 is 1.26. The fraction of sp³-hybridized carbons (Fsp3) is 0.0556. The Morgan fingerprint density at radius 2 is 2.08 bits per heavy atom. The van der Waals surface area contributed by atoms with E-state index in [1.54, 1.807) is 6.07 Å². The molecule has 2 amide bonds. The monoisotopic (exact) mass is 353 g/mol. The first-order valence-corrected chi connectivity index (χ1v) is 8.43. The van der Waals surface area contributed by atoms with Crippen LogP contribution in [-0.2, 0) is 11.2 Å². The third-order valence-corrected chi connectivity index (χ3v) is 4.63. The van der Waals surface area contributed by atoms with Gasteiger partial charge in [-0.1, -0.05) is 18.2 Å². The number of carbonyl (C=O) groups excluding carboxylic acids is 2. The van der Waals surface area contributed by atoms with E-state index in [0.29, 0.717) is 17.2 Å². The number of carbonyl (C=O) groups is 2. The van der Waals surface area contributed by atoms with Gasteiger partial charge in [-0.05, 0) is 29.8 Å². The van der Waals surface area contributed by atoms with Gasteiger partial charge >= 0.3 is 0 Å². The topological polar surface area (TPSA) is 71.1 Å². The molecule has 1 aliphatic rings. The molecule has 0 fully saturated rings. The molecule has 25 heavy (non-hydrogen) atoms. The molecule has 124 valence electrons. The van der Waals surface area contributed by atoms with Crippen molar-refractivity contribution in [2.45, 2.75) is 6.42 Å². The highest BCUT2D eigenvalue weighted by Gasteiger charge is 2.19. The van der Waals surface area contributed by atoms with E-state index >= 15 is 0 Å². The van der Waals surface area contributed by atoms with Gasteiger partial charge in [0.2, 0.25) is 5.91 Å². The van der Waals surface area contributed by atoms with Crippen molar-refractivity contribution in [3.05, 3.63) is 64.8 Å². The second kappa shape index (κ2) is 6.10. The van der Waals surface area contributed by atoms with Crippen molar-refractivity contribution in [1.29, 1.82) is 0 Å². The maximum atomic E-state index is 13.7. The van der Waals surface area contributed by atoms with E-state index in [1.807, 2.05) is 23.6 Å². The molecule has 0 unspecified atom stereocenters. The van der Waals surface area contributed by atoms with Crippen LogP contribution in [0.25, 0.3) is 11.3 Å². The molecule has 1 aliphatic heterocycles. The zero-order valence-corrected chi connectivity index (χ0v) is 13.7. The van der Waals surface area contributed by atoms with Crippen LogP contribution in [-0.4, -0.2) is 16.8 Å². The SMILES string of the molecule is O=C1Cc2cc(-c3csc(NC(=O)c4ccccc4F)n3)ccc2N1. The van der Waals surface area contributed by atoms with E-state index in [2.05, 4.69) is 15.6 Å². The molecular weight excluding hydrogens is 341 g/mol. The van der Waals surface area contributed by atoms with E-state index in [-0.39, 0.29) is 11.5 Å². The summed E-state index contributed by atoms with van der Waals surface area (Å²) in [5, 5.41) is 7.59. The van der Waals surface area contributed by atoms with Gasteiger partial charge in [-0.2, -0.15) is 0 Å². The van der Waals surface area contributed by atoms with E-state index in [4.69, 9.17) is 0 Å². The number of benzene rings is 2. The highest BCUT2D eigenvalue weighted by atomic mass is 32.1. The standard InChI is InChI=1S/C18H12FN3O2S/c19-13-4-2-1-3-12(13)17(24)22-18-21-15(9-25-18)10-5-6-14-11(7-10)8-16(23)20-14/h1-7,9H,8H2,(H,20,23)(H,21,22,24). The molecule has 0 bridgehead atoms. The van der Waals surface area contributed by atoms with Gasteiger partial charge in [0.25, 0.3) is 5.91 Å². The molecule has 0 saturated carbocycles. The Balaban J connectivity index is 1.55. The highest BCUT2D eigenvalue weighted by molar-refractivity contribution is 7.14. The number of nitrogens with one attached hydrogen (secondary N) is 2. The van der Waals surface area contributed by atoms with Crippen LogP contribution in [0.15, 0.2) is 47.8 Å². The van der Waals surface area contributed by atoms with Crippen molar-refractivity contribution in [2.24, 2.45) is 0 Å². The fourth-order valence-electron chi connectivity index (χ4n) is 2.66. The van der Waals surface area contributed by atoms with Crippen molar-refractivity contribution >= 4 is 34.0 Å². The number of hydrogen-bond acceptors (Lipinski definition) is 4. The average molecular weight is 353 g/mol. The van der Waals surface area contributed by atoms with Crippen LogP contribution in [0.1, 0.15) is 15.9 Å². The van der Waals surface area contributed by atoms with E-state index < -0.39 is 11.7 Å². The quantitative estimate of drug-likeness (QED) is 0.754. The number of nitrogens with zero attached hydrogens (tertiary/aromatic N) is 1. The molecule has 2 N–H and O–H groups in total. The number of amides is 2. The number of aromatic nitrogens is 1. The largest absolute Gasteiger partial charge is 0.326 e. The smallest absolute Gasteiger partial charge is 0.260 e. The first-order chi connectivity index (χ1) is 12.1. The molecular formula is C18H12FN3O2S. The minimum atomic E-state index is -0.576. The van der Waals surface area contributed by atoms with Gasteiger partial charge in [-0.3, -0.25) is 14.9 Å². The van der Waals surface area contributed by atoms with Crippen LogP contribution in [0.3, 0.4) is 0 Å². The van der Waals surface area contributed by atoms with Crippen molar-refractivity contribution in [1.82, 2.24) is 4.98 Å². The van der Waals surface area contributed by atoms with Gasteiger partial charge < -0.3 is 5.32 Å². The molecule has 2 aromatic carbocycles. The summed E-state index contributed by atoms with van der Waals surface area (Å²) in [6, 6.07) is 11.4. The fourth-order valence-corrected chi connectivity index (χ4v) is 3.38. The number of rotatable bonds is 3.